The van der Waals surface area contributed by atoms with Gasteiger partial charge < -0.3 is 0 Å². The lowest BCUT2D eigenvalue weighted by Gasteiger charge is -1.97. The van der Waals surface area contributed by atoms with Gasteiger partial charge in [-0.1, -0.05) is 27.3 Å². The first kappa shape index (κ1) is 14.3. The molecule has 0 saturated carbocycles. The molecule has 0 bridgehead atoms. The molecule has 2 aromatic heterocycles. The molecular weight excluding hydrogens is 366 g/mol. The average Bonchev–Trinajstić information content (AvgIpc) is 3.00. The van der Waals surface area contributed by atoms with E-state index in [4.69, 9.17) is 0 Å². The third-order valence-corrected chi connectivity index (χ3v) is 4.42. The Morgan fingerprint density at radius 3 is 2.71 bits per heavy atom. The minimum absolute atomic E-state index is 0.144. The first-order valence-corrected chi connectivity index (χ1v) is 7.66. The first-order valence-electron chi connectivity index (χ1n) is 6.05. The van der Waals surface area contributed by atoms with Gasteiger partial charge in [0, 0.05) is 11.0 Å². The molecule has 0 aliphatic rings. The number of aryl methyl sites for hydroxylation is 1. The minimum Gasteiger partial charge on any atom is -0.292 e. The molecule has 0 amide bonds. The lowest BCUT2D eigenvalue weighted by atomic mass is 10.3. The molecule has 0 radical (unpaired) electrons. The predicted molar refractivity (Wildman–Crippen MR) is 79.3 cm³/mol. The number of hydrogen-bond acceptors (Lipinski definition) is 4. The van der Waals surface area contributed by atoms with Crippen LogP contribution >= 0.6 is 27.3 Å². The Kier molecular flexibility index (Phi) is 3.62. The van der Waals surface area contributed by atoms with Crippen LogP contribution in [0.25, 0.3) is 16.2 Å². The second-order valence-electron chi connectivity index (χ2n) is 4.22. The molecule has 0 aliphatic heterocycles. The van der Waals surface area contributed by atoms with Crippen molar-refractivity contribution in [2.24, 2.45) is 0 Å². The van der Waals surface area contributed by atoms with Gasteiger partial charge >= 0.3 is 5.69 Å². The van der Waals surface area contributed by atoms with Crippen molar-refractivity contribution in [3.05, 3.63) is 38.2 Å². The van der Waals surface area contributed by atoms with Crippen LogP contribution in [-0.2, 0) is 6.54 Å². The van der Waals surface area contributed by atoms with Crippen molar-refractivity contribution >= 4 is 38.3 Å². The van der Waals surface area contributed by atoms with Crippen molar-refractivity contribution in [3.8, 4) is 5.13 Å². The summed E-state index contributed by atoms with van der Waals surface area (Å²) in [5.74, 6) is 0. The van der Waals surface area contributed by atoms with E-state index in [0.717, 1.165) is 9.99 Å². The lowest BCUT2D eigenvalue weighted by Crippen LogP contribution is -2.22. The van der Waals surface area contributed by atoms with Gasteiger partial charge in [-0.3, -0.25) is 4.57 Å². The molecule has 21 heavy (non-hydrogen) atoms. The van der Waals surface area contributed by atoms with E-state index in [-0.39, 0.29) is 10.8 Å². The summed E-state index contributed by atoms with van der Waals surface area (Å²) in [6.45, 7) is 2.32. The van der Waals surface area contributed by atoms with E-state index >= 15 is 0 Å². The fourth-order valence-corrected chi connectivity index (χ4v) is 3.18. The van der Waals surface area contributed by atoms with Crippen LogP contribution in [0.3, 0.4) is 0 Å². The minimum atomic E-state index is -2.70. The third-order valence-electron chi connectivity index (χ3n) is 3.02. The van der Waals surface area contributed by atoms with Gasteiger partial charge in [-0.05, 0) is 25.1 Å². The van der Waals surface area contributed by atoms with E-state index in [2.05, 4.69) is 26.1 Å². The molecule has 0 N–H and O–H groups in total. The molecule has 3 rings (SSSR count). The van der Waals surface area contributed by atoms with E-state index in [1.165, 1.54) is 4.57 Å². The summed E-state index contributed by atoms with van der Waals surface area (Å²) in [7, 11) is 0. The van der Waals surface area contributed by atoms with Gasteiger partial charge in [0.05, 0.1) is 11.0 Å². The summed E-state index contributed by atoms with van der Waals surface area (Å²) in [4.78, 5) is 12.5. The number of nitrogens with zero attached hydrogens (tertiary/aromatic N) is 4. The molecule has 0 atom stereocenters. The number of alkyl halides is 2. The molecular formula is C12H9BrF2N4OS. The van der Waals surface area contributed by atoms with E-state index in [0.29, 0.717) is 23.4 Å². The second kappa shape index (κ2) is 5.30. The summed E-state index contributed by atoms with van der Waals surface area (Å²) in [6, 6.07) is 5.38. The number of halogens is 3. The standard InChI is InChI=1S/C12H9BrF2N4OS/c1-2-18-7-4-3-6(13)5-8(7)19(12(18)20)11-17-16-10(21-11)9(14)15/h3-5,9H,2H2,1H3. The van der Waals surface area contributed by atoms with Crippen LogP contribution in [0.4, 0.5) is 8.78 Å². The maximum Gasteiger partial charge on any atom is 0.335 e. The average molecular weight is 375 g/mol. The zero-order valence-electron chi connectivity index (χ0n) is 10.8. The van der Waals surface area contributed by atoms with Gasteiger partial charge in [-0.15, -0.1) is 10.2 Å². The molecule has 3 aromatic rings. The highest BCUT2D eigenvalue weighted by molar-refractivity contribution is 9.10. The van der Waals surface area contributed by atoms with Crippen molar-refractivity contribution in [2.45, 2.75) is 19.9 Å². The van der Waals surface area contributed by atoms with E-state index in [1.54, 1.807) is 16.7 Å². The molecule has 0 unspecified atom stereocenters. The number of fused-ring (bicyclic) bond motifs is 1. The summed E-state index contributed by atoms with van der Waals surface area (Å²) < 4.78 is 29.0. The number of benzene rings is 1. The fraction of sp³-hybridized carbons (Fsp3) is 0.250. The smallest absolute Gasteiger partial charge is 0.292 e. The maximum atomic E-state index is 12.7. The highest BCUT2D eigenvalue weighted by Gasteiger charge is 2.20. The van der Waals surface area contributed by atoms with Crippen LogP contribution in [0.15, 0.2) is 27.5 Å². The van der Waals surface area contributed by atoms with E-state index < -0.39 is 11.4 Å². The van der Waals surface area contributed by atoms with Gasteiger partial charge in [0.25, 0.3) is 6.43 Å². The van der Waals surface area contributed by atoms with Crippen molar-refractivity contribution in [2.75, 3.05) is 0 Å². The SMILES string of the molecule is CCn1c(=O)n(-c2nnc(C(F)F)s2)c2cc(Br)ccc21. The van der Waals surface area contributed by atoms with E-state index in [1.807, 2.05) is 13.0 Å². The largest absolute Gasteiger partial charge is 0.335 e. The van der Waals surface area contributed by atoms with Gasteiger partial charge in [0.15, 0.2) is 5.01 Å². The molecule has 0 aliphatic carbocycles. The Labute approximate surface area is 130 Å². The Balaban J connectivity index is 2.32. The molecule has 110 valence electrons. The number of aromatic nitrogens is 4. The third kappa shape index (κ3) is 2.30. The van der Waals surface area contributed by atoms with Gasteiger partial charge in [-0.2, -0.15) is 0 Å². The Morgan fingerprint density at radius 2 is 2.10 bits per heavy atom. The van der Waals surface area contributed by atoms with Crippen molar-refractivity contribution < 1.29 is 8.78 Å². The number of imidazole rings is 1. The molecule has 1 aromatic carbocycles. The van der Waals surface area contributed by atoms with Crippen LogP contribution in [-0.4, -0.2) is 19.3 Å². The fourth-order valence-electron chi connectivity index (χ4n) is 2.13. The molecule has 2 heterocycles. The number of hydrogen-bond donors (Lipinski definition) is 0. The Hall–Kier alpha value is -1.61. The van der Waals surface area contributed by atoms with Gasteiger partial charge in [0.2, 0.25) is 5.13 Å². The summed E-state index contributed by atoms with van der Waals surface area (Å²) in [5.41, 5.74) is 1.01. The zero-order chi connectivity index (χ0) is 15.1. The first-order chi connectivity index (χ1) is 10.0. The molecule has 0 saturated heterocycles. The predicted octanol–water partition coefficient (Wildman–Crippen LogP) is 3.36. The maximum absolute atomic E-state index is 12.7. The monoisotopic (exact) mass is 374 g/mol. The van der Waals surface area contributed by atoms with Crippen LogP contribution in [0.2, 0.25) is 0 Å². The van der Waals surface area contributed by atoms with Crippen LogP contribution in [0.1, 0.15) is 18.4 Å². The van der Waals surface area contributed by atoms with Gasteiger partial charge in [-0.25, -0.2) is 18.1 Å². The van der Waals surface area contributed by atoms with Crippen LogP contribution in [0, 0.1) is 0 Å². The normalized spacial score (nSPS) is 11.7. The summed E-state index contributed by atoms with van der Waals surface area (Å²) >= 11 is 4.06. The van der Waals surface area contributed by atoms with Crippen molar-refractivity contribution in [3.63, 3.8) is 0 Å². The zero-order valence-corrected chi connectivity index (χ0v) is 13.2. The quantitative estimate of drug-likeness (QED) is 0.706. The highest BCUT2D eigenvalue weighted by Crippen LogP contribution is 2.27. The molecule has 0 fully saturated rings. The van der Waals surface area contributed by atoms with Crippen LogP contribution < -0.4 is 5.69 Å². The Bertz CT molecular complexity index is 870. The number of rotatable bonds is 3. The van der Waals surface area contributed by atoms with Crippen molar-refractivity contribution in [1.82, 2.24) is 19.3 Å². The molecule has 0 spiro atoms. The molecule has 9 heteroatoms. The lowest BCUT2D eigenvalue weighted by molar-refractivity contribution is 0.150. The highest BCUT2D eigenvalue weighted by atomic mass is 79.9. The second-order valence-corrected chi connectivity index (χ2v) is 6.12. The summed E-state index contributed by atoms with van der Waals surface area (Å²) in [6.07, 6.45) is -2.70. The topological polar surface area (TPSA) is 52.7 Å². The van der Waals surface area contributed by atoms with Crippen LogP contribution in [0.5, 0.6) is 0 Å². The van der Waals surface area contributed by atoms with Gasteiger partial charge in [0.1, 0.15) is 0 Å². The summed E-state index contributed by atoms with van der Waals surface area (Å²) in [5, 5.41) is 6.90. The Morgan fingerprint density at radius 1 is 1.33 bits per heavy atom. The molecule has 5 nitrogen and oxygen atoms in total. The van der Waals surface area contributed by atoms with E-state index in [9.17, 15) is 13.6 Å². The van der Waals surface area contributed by atoms with Crippen molar-refractivity contribution in [1.29, 1.82) is 0 Å².